The number of β-amino-alcohol motifs (C(OH)–C–C–N with tert-alkyl or cyclic N) is 1. The standard InChI is InChI=1S/C27H27NO4/c29-16-8-15-23(30)25-26(32)24(31)17-28(25)27(18-9-2-1-3-10-18)21-13-6-4-11-19(21)20-12-5-7-14-22(20)27/h1-7,9-14,16,23-26,30-32H,8,15,17H2/t23-,24+,25+,26+/m0/s1. The fourth-order valence-electron chi connectivity index (χ4n) is 5.73. The summed E-state index contributed by atoms with van der Waals surface area (Å²) in [6, 6.07) is 25.7. The number of rotatable bonds is 6. The zero-order valence-corrected chi connectivity index (χ0v) is 17.7. The molecule has 3 N–H and O–H groups in total. The number of carbonyl (C=O) groups excluding carboxylic acids is 1. The van der Waals surface area contributed by atoms with Crippen LogP contribution in [0.5, 0.6) is 0 Å². The van der Waals surface area contributed by atoms with Crippen LogP contribution in [0, 0.1) is 0 Å². The van der Waals surface area contributed by atoms with Crippen LogP contribution >= 0.6 is 0 Å². The Hall–Kier alpha value is -2.83. The van der Waals surface area contributed by atoms with E-state index in [2.05, 4.69) is 41.3 Å². The van der Waals surface area contributed by atoms with Gasteiger partial charge in [0.25, 0.3) is 0 Å². The lowest BCUT2D eigenvalue weighted by molar-refractivity contribution is -0.108. The quantitative estimate of drug-likeness (QED) is 0.525. The van der Waals surface area contributed by atoms with Crippen molar-refractivity contribution in [2.24, 2.45) is 0 Å². The lowest BCUT2D eigenvalue weighted by atomic mass is 9.78. The van der Waals surface area contributed by atoms with Crippen molar-refractivity contribution in [1.29, 1.82) is 0 Å². The van der Waals surface area contributed by atoms with Crippen molar-refractivity contribution in [2.75, 3.05) is 6.54 Å². The van der Waals surface area contributed by atoms with Gasteiger partial charge in [-0.05, 0) is 34.2 Å². The number of likely N-dealkylation sites (tertiary alicyclic amines) is 1. The number of fused-ring (bicyclic) bond motifs is 3. The first kappa shape index (κ1) is 21.0. The van der Waals surface area contributed by atoms with Crippen LogP contribution in [0.25, 0.3) is 11.1 Å². The van der Waals surface area contributed by atoms with E-state index in [4.69, 9.17) is 0 Å². The Morgan fingerprint density at radius 2 is 1.47 bits per heavy atom. The molecule has 0 amide bonds. The van der Waals surface area contributed by atoms with Crippen LogP contribution in [0.3, 0.4) is 0 Å². The van der Waals surface area contributed by atoms with Crippen molar-refractivity contribution in [1.82, 2.24) is 4.90 Å². The molecule has 0 saturated carbocycles. The molecule has 1 aliphatic heterocycles. The fourth-order valence-corrected chi connectivity index (χ4v) is 5.73. The first-order chi connectivity index (χ1) is 15.6. The van der Waals surface area contributed by atoms with E-state index in [0.29, 0.717) is 0 Å². The molecule has 0 spiro atoms. The highest BCUT2D eigenvalue weighted by Crippen LogP contribution is 2.56. The Kier molecular flexibility index (Phi) is 5.43. The van der Waals surface area contributed by atoms with Gasteiger partial charge in [-0.1, -0.05) is 78.9 Å². The maximum absolute atomic E-state index is 11.1. The summed E-state index contributed by atoms with van der Waals surface area (Å²) in [7, 11) is 0. The van der Waals surface area contributed by atoms with Gasteiger partial charge in [-0.25, -0.2) is 0 Å². The van der Waals surface area contributed by atoms with Crippen molar-refractivity contribution >= 4 is 6.29 Å². The van der Waals surface area contributed by atoms with Gasteiger partial charge in [0.2, 0.25) is 0 Å². The van der Waals surface area contributed by atoms with Crippen LogP contribution in [0.15, 0.2) is 78.9 Å². The largest absolute Gasteiger partial charge is 0.391 e. The summed E-state index contributed by atoms with van der Waals surface area (Å²) in [6.45, 7) is 0.196. The van der Waals surface area contributed by atoms with Gasteiger partial charge in [0, 0.05) is 13.0 Å². The first-order valence-corrected chi connectivity index (χ1v) is 11.1. The van der Waals surface area contributed by atoms with Gasteiger partial charge in [-0.15, -0.1) is 0 Å². The summed E-state index contributed by atoms with van der Waals surface area (Å²) in [5.41, 5.74) is 4.53. The molecule has 3 aromatic rings. The Labute approximate surface area is 187 Å². The predicted octanol–water partition coefficient (Wildman–Crippen LogP) is 2.70. The molecule has 1 heterocycles. The molecule has 1 aliphatic carbocycles. The van der Waals surface area contributed by atoms with E-state index in [-0.39, 0.29) is 19.4 Å². The van der Waals surface area contributed by atoms with Crippen molar-refractivity contribution in [3.8, 4) is 11.1 Å². The van der Waals surface area contributed by atoms with Crippen LogP contribution < -0.4 is 0 Å². The molecule has 2 aliphatic rings. The molecule has 0 unspecified atom stereocenters. The number of hydrogen-bond acceptors (Lipinski definition) is 5. The van der Waals surface area contributed by atoms with Crippen LogP contribution in [0.1, 0.15) is 29.5 Å². The van der Waals surface area contributed by atoms with E-state index < -0.39 is 29.9 Å². The smallest absolute Gasteiger partial charge is 0.120 e. The minimum Gasteiger partial charge on any atom is -0.391 e. The maximum Gasteiger partial charge on any atom is 0.120 e. The highest BCUT2D eigenvalue weighted by molar-refractivity contribution is 5.83. The van der Waals surface area contributed by atoms with E-state index in [0.717, 1.165) is 34.1 Å². The maximum atomic E-state index is 11.1. The summed E-state index contributed by atoms with van der Waals surface area (Å²) in [4.78, 5) is 13.0. The van der Waals surface area contributed by atoms with Crippen LogP contribution in [-0.2, 0) is 10.3 Å². The van der Waals surface area contributed by atoms with E-state index in [1.165, 1.54) is 0 Å². The third-order valence-corrected chi connectivity index (χ3v) is 7.01. The molecule has 32 heavy (non-hydrogen) atoms. The number of aldehydes is 1. The number of carbonyl (C=O) groups is 1. The average Bonchev–Trinajstić information content (AvgIpc) is 3.30. The number of hydrogen-bond donors (Lipinski definition) is 3. The van der Waals surface area contributed by atoms with E-state index >= 15 is 0 Å². The Bertz CT molecular complexity index is 1070. The third kappa shape index (κ3) is 2.97. The SMILES string of the molecule is O=CCC[C@H](O)[C@@H]1[C@H](O)[C@H](O)CN1C1(c2ccccc2)c2ccccc2-c2ccccc21. The lowest BCUT2D eigenvalue weighted by Crippen LogP contribution is -2.55. The van der Waals surface area contributed by atoms with Gasteiger partial charge < -0.3 is 20.1 Å². The normalized spacial score (nSPS) is 24.7. The molecular formula is C27H27NO4. The van der Waals surface area contributed by atoms with E-state index in [1.807, 2.05) is 42.5 Å². The Morgan fingerprint density at radius 3 is 2.06 bits per heavy atom. The molecule has 0 bridgehead atoms. The number of aliphatic hydroxyl groups excluding tert-OH is 3. The second kappa shape index (κ2) is 8.26. The monoisotopic (exact) mass is 429 g/mol. The third-order valence-electron chi connectivity index (χ3n) is 7.01. The van der Waals surface area contributed by atoms with Crippen molar-refractivity contribution in [2.45, 2.75) is 42.7 Å². The highest BCUT2D eigenvalue weighted by Gasteiger charge is 2.57. The molecule has 1 saturated heterocycles. The van der Waals surface area contributed by atoms with E-state index in [1.54, 1.807) is 0 Å². The van der Waals surface area contributed by atoms with Gasteiger partial charge in [0.05, 0.1) is 29.9 Å². The topological polar surface area (TPSA) is 81.0 Å². The average molecular weight is 430 g/mol. The van der Waals surface area contributed by atoms with Gasteiger partial charge in [-0.2, -0.15) is 0 Å². The van der Waals surface area contributed by atoms with Crippen molar-refractivity contribution in [3.05, 3.63) is 95.6 Å². The predicted molar refractivity (Wildman–Crippen MR) is 122 cm³/mol. The molecule has 0 radical (unpaired) electrons. The molecule has 5 heteroatoms. The van der Waals surface area contributed by atoms with Crippen molar-refractivity contribution in [3.63, 3.8) is 0 Å². The number of aliphatic hydroxyl groups is 3. The van der Waals surface area contributed by atoms with E-state index in [9.17, 15) is 20.1 Å². The molecule has 3 aromatic carbocycles. The first-order valence-electron chi connectivity index (χ1n) is 11.1. The van der Waals surface area contributed by atoms with Gasteiger partial charge >= 0.3 is 0 Å². The van der Waals surface area contributed by atoms with Crippen LogP contribution in [-0.4, -0.2) is 57.4 Å². The van der Waals surface area contributed by atoms with Gasteiger partial charge in [0.15, 0.2) is 0 Å². The Balaban J connectivity index is 1.79. The minimum atomic E-state index is -1.13. The summed E-state index contributed by atoms with van der Waals surface area (Å²) in [5.74, 6) is 0. The lowest BCUT2D eigenvalue weighted by Gasteiger charge is -2.46. The number of nitrogens with zero attached hydrogens (tertiary/aromatic N) is 1. The molecule has 164 valence electrons. The van der Waals surface area contributed by atoms with Gasteiger partial charge in [-0.3, -0.25) is 4.90 Å². The zero-order valence-electron chi connectivity index (χ0n) is 17.7. The molecule has 0 aromatic heterocycles. The fraction of sp³-hybridized carbons (Fsp3) is 0.296. The van der Waals surface area contributed by atoms with Crippen LogP contribution in [0.2, 0.25) is 0 Å². The summed E-state index contributed by atoms with van der Waals surface area (Å²) in [5, 5.41) is 32.8. The summed E-state index contributed by atoms with van der Waals surface area (Å²) in [6.07, 6.45) is -1.91. The summed E-state index contributed by atoms with van der Waals surface area (Å²) >= 11 is 0. The minimum absolute atomic E-state index is 0.194. The number of benzene rings is 3. The molecule has 1 fully saturated rings. The highest BCUT2D eigenvalue weighted by atomic mass is 16.3. The molecule has 4 atom stereocenters. The van der Waals surface area contributed by atoms with Gasteiger partial charge in [0.1, 0.15) is 6.29 Å². The molecule has 5 nitrogen and oxygen atoms in total. The second-order valence-corrected chi connectivity index (χ2v) is 8.68. The molecule has 5 rings (SSSR count). The zero-order chi connectivity index (χ0) is 22.3. The molecular weight excluding hydrogens is 402 g/mol. The van der Waals surface area contributed by atoms with Crippen molar-refractivity contribution < 1.29 is 20.1 Å². The second-order valence-electron chi connectivity index (χ2n) is 8.68. The van der Waals surface area contributed by atoms with Crippen LogP contribution in [0.4, 0.5) is 0 Å². The summed E-state index contributed by atoms with van der Waals surface area (Å²) < 4.78 is 0. The Morgan fingerprint density at radius 1 is 0.906 bits per heavy atom.